The number of halogens is 4. The van der Waals surface area contributed by atoms with E-state index in [1.807, 2.05) is 6.92 Å². The van der Waals surface area contributed by atoms with Crippen LogP contribution in [0.5, 0.6) is 0 Å². The van der Waals surface area contributed by atoms with E-state index in [9.17, 15) is 22.4 Å². The Morgan fingerprint density at radius 1 is 1.28 bits per heavy atom. The van der Waals surface area contributed by atoms with Crippen molar-refractivity contribution < 1.29 is 27.1 Å². The molecule has 1 rings (SSSR count). The highest BCUT2D eigenvalue weighted by Gasteiger charge is 2.31. The summed E-state index contributed by atoms with van der Waals surface area (Å²) in [6.45, 7) is 5.99. The van der Waals surface area contributed by atoms with E-state index in [-0.39, 0.29) is 4.90 Å². The molecule has 0 fully saturated rings. The van der Waals surface area contributed by atoms with Crippen molar-refractivity contribution in [1.29, 1.82) is 0 Å². The second kappa shape index (κ2) is 10.0. The first-order chi connectivity index (χ1) is 11.7. The Labute approximate surface area is 150 Å². The maximum absolute atomic E-state index is 13.8. The van der Waals surface area contributed by atoms with Crippen molar-refractivity contribution in [1.82, 2.24) is 0 Å². The van der Waals surface area contributed by atoms with Gasteiger partial charge in [-0.05, 0) is 37.5 Å². The molecular formula is C18H24F4O2S. The van der Waals surface area contributed by atoms with E-state index in [0.29, 0.717) is 18.6 Å². The molecule has 0 aliphatic rings. The third-order valence-electron chi connectivity index (χ3n) is 3.90. The predicted molar refractivity (Wildman–Crippen MR) is 91.0 cm³/mol. The monoisotopic (exact) mass is 380 g/mol. The van der Waals surface area contributed by atoms with Crippen LogP contribution < -0.4 is 0 Å². The number of hydrogen-bond donors (Lipinski definition) is 0. The molecule has 2 atom stereocenters. The molecule has 0 radical (unpaired) electrons. The molecule has 0 aliphatic heterocycles. The number of carbonyl (C=O) groups excluding carboxylic acids is 1. The first-order valence-electron chi connectivity index (χ1n) is 8.39. The van der Waals surface area contributed by atoms with Crippen LogP contribution in [0.3, 0.4) is 0 Å². The Morgan fingerprint density at radius 2 is 1.96 bits per heavy atom. The van der Waals surface area contributed by atoms with Gasteiger partial charge in [-0.2, -0.15) is 13.2 Å². The van der Waals surface area contributed by atoms with Gasteiger partial charge in [-0.3, -0.25) is 4.79 Å². The predicted octanol–water partition coefficient (Wildman–Crippen LogP) is 6.08. The maximum Gasteiger partial charge on any atom is 0.416 e. The number of esters is 1. The molecule has 1 aromatic rings. The van der Waals surface area contributed by atoms with E-state index in [1.54, 1.807) is 6.92 Å². The third-order valence-corrected chi connectivity index (χ3v) is 5.03. The fraction of sp³-hybridized carbons (Fsp3) is 0.611. The second-order valence-corrected chi connectivity index (χ2v) is 7.33. The number of thioether (sulfide) groups is 1. The van der Waals surface area contributed by atoms with E-state index >= 15 is 0 Å². The Hall–Kier alpha value is -1.24. The van der Waals surface area contributed by atoms with Crippen molar-refractivity contribution in [3.63, 3.8) is 0 Å². The van der Waals surface area contributed by atoms with Crippen LogP contribution in [0, 0.1) is 11.7 Å². The molecule has 2 unspecified atom stereocenters. The lowest BCUT2D eigenvalue weighted by molar-refractivity contribution is -0.144. The molecule has 0 aliphatic carbocycles. The van der Waals surface area contributed by atoms with Gasteiger partial charge >= 0.3 is 12.1 Å². The van der Waals surface area contributed by atoms with E-state index in [1.165, 1.54) is 0 Å². The van der Waals surface area contributed by atoms with Gasteiger partial charge in [0.05, 0.1) is 12.2 Å². The molecule has 25 heavy (non-hydrogen) atoms. The van der Waals surface area contributed by atoms with Crippen molar-refractivity contribution in [2.45, 2.75) is 62.8 Å². The molecule has 7 heteroatoms. The quantitative estimate of drug-likeness (QED) is 0.295. The Kier molecular flexibility index (Phi) is 8.76. The fourth-order valence-corrected chi connectivity index (χ4v) is 3.09. The Balaban J connectivity index is 2.60. The van der Waals surface area contributed by atoms with Gasteiger partial charge in [0.15, 0.2) is 0 Å². The van der Waals surface area contributed by atoms with Gasteiger partial charge in [-0.25, -0.2) is 4.39 Å². The molecule has 0 saturated heterocycles. The van der Waals surface area contributed by atoms with Crippen molar-refractivity contribution >= 4 is 17.7 Å². The van der Waals surface area contributed by atoms with E-state index < -0.39 is 28.8 Å². The summed E-state index contributed by atoms with van der Waals surface area (Å²) in [6.07, 6.45) is -0.569. The first kappa shape index (κ1) is 21.8. The van der Waals surface area contributed by atoms with Gasteiger partial charge in [-0.1, -0.05) is 33.1 Å². The third kappa shape index (κ3) is 7.26. The lowest BCUT2D eigenvalue weighted by atomic mass is 10.0. The van der Waals surface area contributed by atoms with Gasteiger partial charge in [-0.15, -0.1) is 11.8 Å². The maximum atomic E-state index is 13.8. The van der Waals surface area contributed by atoms with Gasteiger partial charge < -0.3 is 4.74 Å². The normalized spacial score (nSPS) is 14.2. The van der Waals surface area contributed by atoms with Gasteiger partial charge in [0.1, 0.15) is 11.1 Å². The summed E-state index contributed by atoms with van der Waals surface area (Å²) in [6, 6.07) is 2.29. The summed E-state index contributed by atoms with van der Waals surface area (Å²) >= 11 is 0.858. The van der Waals surface area contributed by atoms with Crippen LogP contribution in [-0.2, 0) is 15.7 Å². The highest BCUT2D eigenvalue weighted by atomic mass is 32.2. The summed E-state index contributed by atoms with van der Waals surface area (Å²) in [4.78, 5) is 12.0. The molecule has 0 bridgehead atoms. The van der Waals surface area contributed by atoms with Crippen LogP contribution in [0.25, 0.3) is 0 Å². The van der Waals surface area contributed by atoms with Crippen LogP contribution >= 0.6 is 11.8 Å². The average Bonchev–Trinajstić information content (AvgIpc) is 2.55. The number of carbonyl (C=O) groups is 1. The number of unbranched alkanes of at least 4 members (excludes halogenated alkanes) is 1. The van der Waals surface area contributed by atoms with Crippen molar-refractivity contribution in [2.75, 3.05) is 6.61 Å². The van der Waals surface area contributed by atoms with Gasteiger partial charge in [0, 0.05) is 4.90 Å². The van der Waals surface area contributed by atoms with Crippen molar-refractivity contribution in [3.05, 3.63) is 29.6 Å². The van der Waals surface area contributed by atoms with Gasteiger partial charge in [0.25, 0.3) is 0 Å². The number of rotatable bonds is 9. The number of ether oxygens (including phenoxy) is 1. The Morgan fingerprint density at radius 3 is 2.48 bits per heavy atom. The highest BCUT2D eigenvalue weighted by Crippen LogP contribution is 2.33. The molecule has 1 aromatic carbocycles. The van der Waals surface area contributed by atoms with E-state index in [2.05, 4.69) is 6.92 Å². The summed E-state index contributed by atoms with van der Waals surface area (Å²) in [5.41, 5.74) is -1.05. The van der Waals surface area contributed by atoms with Crippen LogP contribution in [0.4, 0.5) is 17.6 Å². The molecular weight excluding hydrogens is 356 g/mol. The fourth-order valence-electron chi connectivity index (χ4n) is 2.23. The minimum Gasteiger partial charge on any atom is -0.465 e. The topological polar surface area (TPSA) is 26.3 Å². The summed E-state index contributed by atoms with van der Waals surface area (Å²) in [5.74, 6) is -1.18. The minimum atomic E-state index is -4.60. The first-order valence-corrected chi connectivity index (χ1v) is 9.27. The zero-order valence-corrected chi connectivity index (χ0v) is 15.5. The number of alkyl halides is 3. The number of benzene rings is 1. The second-order valence-electron chi connectivity index (χ2n) is 5.95. The number of hydrogen-bond acceptors (Lipinski definition) is 3. The molecule has 0 aromatic heterocycles. The van der Waals surface area contributed by atoms with E-state index in [0.717, 1.165) is 49.6 Å². The zero-order chi connectivity index (χ0) is 19.0. The molecule has 2 nitrogen and oxygen atoms in total. The lowest BCUT2D eigenvalue weighted by Crippen LogP contribution is -2.21. The molecule has 0 spiro atoms. The molecule has 142 valence electrons. The smallest absolute Gasteiger partial charge is 0.416 e. The van der Waals surface area contributed by atoms with E-state index in [4.69, 9.17) is 4.74 Å². The standard InChI is InChI=1S/C18H24F4O2S/c1-4-6-7-13(5-2)11-24-17(23)12(3)25-16-9-8-14(10-15(16)19)18(20,21)22/h8-10,12-13H,4-7,11H2,1-3H3. The highest BCUT2D eigenvalue weighted by molar-refractivity contribution is 8.00. The van der Waals surface area contributed by atoms with Gasteiger partial charge in [0.2, 0.25) is 0 Å². The SMILES string of the molecule is CCCCC(CC)COC(=O)C(C)Sc1ccc(C(F)(F)F)cc1F. The summed E-state index contributed by atoms with van der Waals surface area (Å²) in [5, 5.41) is -0.699. The Bertz CT molecular complexity index is 560. The molecule has 0 saturated carbocycles. The van der Waals surface area contributed by atoms with Crippen LogP contribution in [0.15, 0.2) is 23.1 Å². The zero-order valence-electron chi connectivity index (χ0n) is 14.7. The lowest BCUT2D eigenvalue weighted by Gasteiger charge is -2.17. The van der Waals surface area contributed by atoms with Crippen LogP contribution in [0.1, 0.15) is 52.0 Å². The minimum absolute atomic E-state index is 0.00419. The molecule has 0 N–H and O–H groups in total. The van der Waals surface area contributed by atoms with Crippen molar-refractivity contribution in [3.8, 4) is 0 Å². The average molecular weight is 380 g/mol. The summed E-state index contributed by atoms with van der Waals surface area (Å²) in [7, 11) is 0. The van der Waals surface area contributed by atoms with Crippen molar-refractivity contribution in [2.24, 2.45) is 5.92 Å². The van der Waals surface area contributed by atoms with Crippen LogP contribution in [0.2, 0.25) is 0 Å². The molecule has 0 heterocycles. The largest absolute Gasteiger partial charge is 0.465 e. The summed E-state index contributed by atoms with van der Waals surface area (Å²) < 4.78 is 56.7. The van der Waals surface area contributed by atoms with Crippen LogP contribution in [-0.4, -0.2) is 17.8 Å². The molecule has 0 amide bonds.